The van der Waals surface area contributed by atoms with Crippen molar-refractivity contribution in [3.8, 4) is 0 Å². The SMILES string of the molecule is Cc1cccc(CNC(=O)c2ccccc2N(C)S(=O)(=O)c2ccccc2)c1. The largest absolute Gasteiger partial charge is 0.348 e. The van der Waals surface area contributed by atoms with Crippen LogP contribution < -0.4 is 9.62 Å². The highest BCUT2D eigenvalue weighted by molar-refractivity contribution is 7.92. The van der Waals surface area contributed by atoms with E-state index in [9.17, 15) is 13.2 Å². The molecule has 0 radical (unpaired) electrons. The van der Waals surface area contributed by atoms with Crippen molar-refractivity contribution in [3.63, 3.8) is 0 Å². The lowest BCUT2D eigenvalue weighted by Crippen LogP contribution is -2.30. The van der Waals surface area contributed by atoms with Gasteiger partial charge in [-0.3, -0.25) is 9.10 Å². The maximum absolute atomic E-state index is 12.9. The number of nitrogens with one attached hydrogen (secondary N) is 1. The number of carbonyl (C=O) groups excluding carboxylic acids is 1. The van der Waals surface area contributed by atoms with Crippen LogP contribution in [0.4, 0.5) is 5.69 Å². The first-order chi connectivity index (χ1) is 13.4. The molecule has 0 saturated carbocycles. The molecule has 0 bridgehead atoms. The van der Waals surface area contributed by atoms with Crippen molar-refractivity contribution in [2.75, 3.05) is 11.4 Å². The fraction of sp³-hybridized carbons (Fsp3) is 0.136. The number of carbonyl (C=O) groups is 1. The number of benzene rings is 3. The van der Waals surface area contributed by atoms with Gasteiger partial charge in [-0.1, -0.05) is 60.2 Å². The van der Waals surface area contributed by atoms with Crippen molar-refractivity contribution in [2.24, 2.45) is 0 Å². The summed E-state index contributed by atoms with van der Waals surface area (Å²) in [6.07, 6.45) is 0. The molecule has 3 aromatic rings. The quantitative estimate of drug-likeness (QED) is 0.692. The van der Waals surface area contributed by atoms with E-state index in [1.165, 1.54) is 19.2 Å². The minimum Gasteiger partial charge on any atom is -0.348 e. The minimum absolute atomic E-state index is 0.174. The Morgan fingerprint density at radius 1 is 0.929 bits per heavy atom. The Balaban J connectivity index is 1.85. The molecule has 6 heteroatoms. The van der Waals surface area contributed by atoms with E-state index in [4.69, 9.17) is 0 Å². The summed E-state index contributed by atoms with van der Waals surface area (Å²) < 4.78 is 27.0. The van der Waals surface area contributed by atoms with Gasteiger partial charge in [0.05, 0.1) is 16.1 Å². The summed E-state index contributed by atoms with van der Waals surface area (Å²) in [6.45, 7) is 2.36. The minimum atomic E-state index is -3.77. The molecular formula is C22H22N2O3S. The van der Waals surface area contributed by atoms with E-state index in [0.29, 0.717) is 17.8 Å². The Morgan fingerprint density at radius 2 is 1.61 bits per heavy atom. The van der Waals surface area contributed by atoms with Gasteiger partial charge in [0.1, 0.15) is 0 Å². The zero-order valence-corrected chi connectivity index (χ0v) is 16.6. The summed E-state index contributed by atoms with van der Waals surface area (Å²) in [7, 11) is -2.31. The third kappa shape index (κ3) is 4.23. The molecular weight excluding hydrogens is 372 g/mol. The molecule has 0 atom stereocenters. The first-order valence-electron chi connectivity index (χ1n) is 8.86. The molecule has 3 aromatic carbocycles. The van der Waals surface area contributed by atoms with Crippen LogP contribution in [-0.2, 0) is 16.6 Å². The van der Waals surface area contributed by atoms with Crippen LogP contribution >= 0.6 is 0 Å². The summed E-state index contributed by atoms with van der Waals surface area (Å²) in [5, 5.41) is 2.87. The number of hydrogen-bond donors (Lipinski definition) is 1. The number of amides is 1. The normalized spacial score (nSPS) is 11.1. The third-order valence-corrected chi connectivity index (χ3v) is 6.21. The zero-order chi connectivity index (χ0) is 20.1. The molecule has 0 aromatic heterocycles. The van der Waals surface area contributed by atoms with Crippen molar-refractivity contribution in [1.29, 1.82) is 0 Å². The maximum Gasteiger partial charge on any atom is 0.264 e. The van der Waals surface area contributed by atoms with E-state index >= 15 is 0 Å². The van der Waals surface area contributed by atoms with E-state index in [2.05, 4.69) is 5.32 Å². The monoisotopic (exact) mass is 394 g/mol. The second-order valence-corrected chi connectivity index (χ2v) is 8.44. The van der Waals surface area contributed by atoms with Crippen molar-refractivity contribution in [3.05, 3.63) is 95.6 Å². The fourth-order valence-corrected chi connectivity index (χ4v) is 4.16. The number of aryl methyl sites for hydroxylation is 1. The number of hydrogen-bond acceptors (Lipinski definition) is 3. The summed E-state index contributed by atoms with van der Waals surface area (Å²) in [4.78, 5) is 12.9. The molecule has 0 aliphatic carbocycles. The predicted molar refractivity (Wildman–Crippen MR) is 111 cm³/mol. The highest BCUT2D eigenvalue weighted by atomic mass is 32.2. The fourth-order valence-electron chi connectivity index (χ4n) is 2.92. The van der Waals surface area contributed by atoms with E-state index < -0.39 is 10.0 Å². The zero-order valence-electron chi connectivity index (χ0n) is 15.8. The van der Waals surface area contributed by atoms with Gasteiger partial charge < -0.3 is 5.32 Å². The van der Waals surface area contributed by atoms with Gasteiger partial charge in [0.25, 0.3) is 15.9 Å². The van der Waals surface area contributed by atoms with Crippen LogP contribution in [0.25, 0.3) is 0 Å². The summed E-state index contributed by atoms with van der Waals surface area (Å²) in [6, 6.07) is 22.7. The van der Waals surface area contributed by atoms with Crippen LogP contribution in [-0.4, -0.2) is 21.4 Å². The number of sulfonamides is 1. The van der Waals surface area contributed by atoms with E-state index in [0.717, 1.165) is 15.4 Å². The van der Waals surface area contributed by atoms with Crippen molar-refractivity contribution < 1.29 is 13.2 Å². The van der Waals surface area contributed by atoms with Crippen LogP contribution in [0.5, 0.6) is 0 Å². The average Bonchev–Trinajstić information content (AvgIpc) is 2.72. The summed E-state index contributed by atoms with van der Waals surface area (Å²) in [5.41, 5.74) is 2.72. The lowest BCUT2D eigenvalue weighted by Gasteiger charge is -2.22. The van der Waals surface area contributed by atoms with Gasteiger partial charge in [0, 0.05) is 13.6 Å². The van der Waals surface area contributed by atoms with Crippen LogP contribution in [0.1, 0.15) is 21.5 Å². The van der Waals surface area contributed by atoms with E-state index in [1.54, 1.807) is 42.5 Å². The molecule has 3 rings (SSSR count). The van der Waals surface area contributed by atoms with E-state index in [-0.39, 0.29) is 10.8 Å². The molecule has 0 aliphatic rings. The van der Waals surface area contributed by atoms with Crippen LogP contribution in [0.2, 0.25) is 0 Å². The van der Waals surface area contributed by atoms with Gasteiger partial charge >= 0.3 is 0 Å². The van der Waals surface area contributed by atoms with Gasteiger partial charge in [-0.25, -0.2) is 8.42 Å². The Labute approximate surface area is 165 Å². The first kappa shape index (κ1) is 19.6. The van der Waals surface area contributed by atoms with Crippen molar-refractivity contribution in [1.82, 2.24) is 5.32 Å². The average molecular weight is 394 g/mol. The van der Waals surface area contributed by atoms with Gasteiger partial charge in [-0.2, -0.15) is 0 Å². The summed E-state index contributed by atoms with van der Waals surface area (Å²) in [5.74, 6) is -0.327. The highest BCUT2D eigenvalue weighted by Gasteiger charge is 2.24. The molecule has 1 amide bonds. The molecule has 1 N–H and O–H groups in total. The van der Waals surface area contributed by atoms with Crippen LogP contribution in [0, 0.1) is 6.92 Å². The molecule has 0 fully saturated rings. The van der Waals surface area contributed by atoms with Crippen LogP contribution in [0.15, 0.2) is 83.8 Å². The Bertz CT molecular complexity index is 1080. The molecule has 0 aliphatic heterocycles. The topological polar surface area (TPSA) is 66.5 Å². The molecule has 28 heavy (non-hydrogen) atoms. The second-order valence-electron chi connectivity index (χ2n) is 6.47. The smallest absolute Gasteiger partial charge is 0.264 e. The van der Waals surface area contributed by atoms with Gasteiger partial charge in [-0.05, 0) is 36.8 Å². The molecule has 0 spiro atoms. The lowest BCUT2D eigenvalue weighted by molar-refractivity contribution is 0.0951. The van der Waals surface area contributed by atoms with Gasteiger partial charge in [0.2, 0.25) is 0 Å². The Morgan fingerprint density at radius 3 is 2.32 bits per heavy atom. The van der Waals surface area contributed by atoms with E-state index in [1.807, 2.05) is 31.2 Å². The second kappa shape index (κ2) is 8.27. The number of anilines is 1. The van der Waals surface area contributed by atoms with Crippen molar-refractivity contribution in [2.45, 2.75) is 18.4 Å². The maximum atomic E-state index is 12.9. The van der Waals surface area contributed by atoms with Crippen molar-refractivity contribution >= 4 is 21.6 Å². The number of rotatable bonds is 6. The third-order valence-electron chi connectivity index (χ3n) is 4.43. The molecule has 0 heterocycles. The molecule has 0 unspecified atom stereocenters. The summed E-state index contributed by atoms with van der Waals surface area (Å²) >= 11 is 0. The van der Waals surface area contributed by atoms with Gasteiger partial charge in [0.15, 0.2) is 0 Å². The number of para-hydroxylation sites is 1. The molecule has 5 nitrogen and oxygen atoms in total. The predicted octanol–water partition coefficient (Wildman–Crippen LogP) is 3.75. The Hall–Kier alpha value is -3.12. The standard InChI is InChI=1S/C22H22N2O3S/c1-17-9-8-10-18(15-17)16-23-22(25)20-13-6-7-14-21(20)24(2)28(26,27)19-11-4-3-5-12-19/h3-15H,16H2,1-2H3,(H,23,25). The van der Waals surface area contributed by atoms with Crippen LogP contribution in [0.3, 0.4) is 0 Å². The lowest BCUT2D eigenvalue weighted by atomic mass is 10.1. The van der Waals surface area contributed by atoms with Gasteiger partial charge in [-0.15, -0.1) is 0 Å². The number of nitrogens with zero attached hydrogens (tertiary/aromatic N) is 1. The Kier molecular flexibility index (Phi) is 5.80. The molecule has 0 saturated heterocycles. The highest BCUT2D eigenvalue weighted by Crippen LogP contribution is 2.25. The first-order valence-corrected chi connectivity index (χ1v) is 10.3. The molecule has 144 valence electrons.